The van der Waals surface area contributed by atoms with Crippen LogP contribution in [0.1, 0.15) is 10.9 Å². The number of carbonyl (C=O) groups excluding carboxylic acids is 1. The van der Waals surface area contributed by atoms with Gasteiger partial charge in [0, 0.05) is 6.07 Å². The summed E-state index contributed by atoms with van der Waals surface area (Å²) in [5, 5.41) is 2.66. The molecule has 70 valence electrons. The van der Waals surface area contributed by atoms with Crippen LogP contribution >= 0.6 is 11.5 Å². The summed E-state index contributed by atoms with van der Waals surface area (Å²) in [6.07, 6.45) is -0.377. The smallest absolute Gasteiger partial charge is 0.407 e. The molecule has 1 saturated heterocycles. The number of methoxy groups -OCH3 is 1. The van der Waals surface area contributed by atoms with Crippen LogP contribution in [0.25, 0.3) is 0 Å². The Morgan fingerprint density at radius 2 is 2.69 bits per heavy atom. The highest BCUT2D eigenvalue weighted by atomic mass is 32.1. The molecule has 0 spiro atoms. The summed E-state index contributed by atoms with van der Waals surface area (Å²) in [6, 6.07) is 1.72. The number of nitrogens with one attached hydrogen (secondary N) is 1. The maximum absolute atomic E-state index is 10.7. The summed E-state index contributed by atoms with van der Waals surface area (Å²) in [7, 11) is 1.56. The average molecular weight is 200 g/mol. The van der Waals surface area contributed by atoms with Gasteiger partial charge in [-0.1, -0.05) is 0 Å². The highest BCUT2D eigenvalue weighted by Gasteiger charge is 2.25. The zero-order valence-corrected chi connectivity index (χ0v) is 7.76. The van der Waals surface area contributed by atoms with Gasteiger partial charge in [-0.2, -0.15) is 4.37 Å². The second-order valence-corrected chi connectivity index (χ2v) is 3.40. The lowest BCUT2D eigenvalue weighted by Gasteiger charge is -2.00. The van der Waals surface area contributed by atoms with E-state index in [9.17, 15) is 4.79 Å². The van der Waals surface area contributed by atoms with Gasteiger partial charge in [0.15, 0.2) is 0 Å². The van der Waals surface area contributed by atoms with E-state index >= 15 is 0 Å². The first-order valence-corrected chi connectivity index (χ1v) is 4.51. The lowest BCUT2D eigenvalue weighted by molar-refractivity contribution is 0.177. The molecule has 1 unspecified atom stereocenters. The lowest BCUT2D eigenvalue weighted by Crippen LogP contribution is -2.17. The first kappa shape index (κ1) is 8.31. The largest absolute Gasteiger partial charge is 0.480 e. The molecule has 5 nitrogen and oxygen atoms in total. The lowest BCUT2D eigenvalue weighted by atomic mass is 10.3. The van der Waals surface area contributed by atoms with E-state index in [1.807, 2.05) is 0 Å². The maximum Gasteiger partial charge on any atom is 0.407 e. The number of amides is 1. The summed E-state index contributed by atoms with van der Waals surface area (Å²) < 4.78 is 13.7. The number of ether oxygens (including phenoxy) is 2. The van der Waals surface area contributed by atoms with Crippen molar-refractivity contribution in [1.82, 2.24) is 9.69 Å². The minimum absolute atomic E-state index is 0.0751. The molecule has 6 heteroatoms. The Morgan fingerprint density at radius 3 is 3.23 bits per heavy atom. The molecule has 0 saturated carbocycles. The average Bonchev–Trinajstić information content (AvgIpc) is 2.71. The van der Waals surface area contributed by atoms with Gasteiger partial charge in [0.05, 0.1) is 12.0 Å². The summed E-state index contributed by atoms with van der Waals surface area (Å²) in [4.78, 5) is 11.7. The molecular formula is C7H8N2O3S. The SMILES string of the molecule is COc1cc(C2COC(=O)N2)sn1. The first-order valence-electron chi connectivity index (χ1n) is 3.73. The van der Waals surface area contributed by atoms with Crippen LogP contribution in [-0.4, -0.2) is 24.2 Å². The topological polar surface area (TPSA) is 60.5 Å². The van der Waals surface area contributed by atoms with E-state index in [0.717, 1.165) is 4.88 Å². The van der Waals surface area contributed by atoms with E-state index in [0.29, 0.717) is 12.5 Å². The Hall–Kier alpha value is -1.30. The fourth-order valence-corrected chi connectivity index (χ4v) is 1.80. The number of carbonyl (C=O) groups is 1. The van der Waals surface area contributed by atoms with Crippen molar-refractivity contribution >= 4 is 17.6 Å². The fraction of sp³-hybridized carbons (Fsp3) is 0.429. The van der Waals surface area contributed by atoms with E-state index in [1.54, 1.807) is 13.2 Å². The molecule has 0 radical (unpaired) electrons. The van der Waals surface area contributed by atoms with Gasteiger partial charge in [-0.25, -0.2) is 4.79 Å². The number of aromatic nitrogens is 1. The predicted octanol–water partition coefficient (Wildman–Crippen LogP) is 0.933. The van der Waals surface area contributed by atoms with Gasteiger partial charge in [0.1, 0.15) is 12.6 Å². The molecule has 2 rings (SSSR count). The Kier molecular flexibility index (Phi) is 2.05. The van der Waals surface area contributed by atoms with Crippen molar-refractivity contribution in [3.63, 3.8) is 0 Å². The third kappa shape index (κ3) is 1.57. The quantitative estimate of drug-likeness (QED) is 0.771. The molecule has 1 aromatic heterocycles. The van der Waals surface area contributed by atoms with E-state index < -0.39 is 0 Å². The highest BCUT2D eigenvalue weighted by Crippen LogP contribution is 2.25. The highest BCUT2D eigenvalue weighted by molar-refractivity contribution is 7.06. The van der Waals surface area contributed by atoms with Crippen molar-refractivity contribution in [1.29, 1.82) is 0 Å². The van der Waals surface area contributed by atoms with Gasteiger partial charge in [-0.15, -0.1) is 0 Å². The first-order chi connectivity index (χ1) is 6.29. The summed E-state index contributed by atoms with van der Waals surface area (Å²) in [6.45, 7) is 0.365. The number of hydrogen-bond donors (Lipinski definition) is 1. The van der Waals surface area contributed by atoms with Crippen LogP contribution in [-0.2, 0) is 4.74 Å². The van der Waals surface area contributed by atoms with Crippen molar-refractivity contribution in [3.8, 4) is 5.88 Å². The van der Waals surface area contributed by atoms with Crippen LogP contribution in [0.5, 0.6) is 5.88 Å². The number of nitrogens with zero attached hydrogens (tertiary/aromatic N) is 1. The molecule has 1 fully saturated rings. The zero-order chi connectivity index (χ0) is 9.26. The number of cyclic esters (lactones) is 1. The molecule has 1 N–H and O–H groups in total. The van der Waals surface area contributed by atoms with Gasteiger partial charge in [-0.05, 0) is 11.5 Å². The van der Waals surface area contributed by atoms with Gasteiger partial charge in [0.2, 0.25) is 5.88 Å². The normalized spacial score (nSPS) is 21.0. The number of hydrogen-bond acceptors (Lipinski definition) is 5. The predicted molar refractivity (Wildman–Crippen MR) is 45.9 cm³/mol. The molecule has 13 heavy (non-hydrogen) atoms. The van der Waals surface area contributed by atoms with Crippen molar-refractivity contribution < 1.29 is 14.3 Å². The van der Waals surface area contributed by atoms with Crippen LogP contribution in [0, 0.1) is 0 Å². The Balaban J connectivity index is 2.12. The molecule has 2 heterocycles. The Morgan fingerprint density at radius 1 is 1.85 bits per heavy atom. The van der Waals surface area contributed by atoms with Crippen LogP contribution in [0.2, 0.25) is 0 Å². The van der Waals surface area contributed by atoms with Gasteiger partial charge in [0.25, 0.3) is 0 Å². The molecule has 0 aromatic carbocycles. The van der Waals surface area contributed by atoms with Crippen molar-refractivity contribution in [2.75, 3.05) is 13.7 Å². The van der Waals surface area contributed by atoms with Gasteiger partial charge in [-0.3, -0.25) is 0 Å². The molecule has 0 aliphatic carbocycles. The minimum Gasteiger partial charge on any atom is -0.480 e. The number of rotatable bonds is 2. The number of alkyl carbamates (subject to hydrolysis) is 1. The monoisotopic (exact) mass is 200 g/mol. The molecule has 1 aliphatic rings. The van der Waals surface area contributed by atoms with Crippen LogP contribution in [0.15, 0.2) is 6.07 Å². The van der Waals surface area contributed by atoms with E-state index in [4.69, 9.17) is 9.47 Å². The molecular weight excluding hydrogens is 192 g/mol. The van der Waals surface area contributed by atoms with Crippen LogP contribution in [0.4, 0.5) is 4.79 Å². The Bertz CT molecular complexity index is 325. The van der Waals surface area contributed by atoms with Crippen molar-refractivity contribution in [2.45, 2.75) is 6.04 Å². The van der Waals surface area contributed by atoms with Crippen molar-refractivity contribution in [2.24, 2.45) is 0 Å². The molecule has 1 atom stereocenters. The zero-order valence-electron chi connectivity index (χ0n) is 6.94. The van der Waals surface area contributed by atoms with Gasteiger partial charge < -0.3 is 14.8 Å². The maximum atomic E-state index is 10.7. The second-order valence-electron chi connectivity index (χ2n) is 2.57. The van der Waals surface area contributed by atoms with Gasteiger partial charge >= 0.3 is 6.09 Å². The standard InChI is InChI=1S/C7H8N2O3S/c1-11-6-2-5(13-9-6)4-3-12-7(10)8-4/h2,4H,3H2,1H3,(H,8,10). The summed E-state index contributed by atoms with van der Waals surface area (Å²) in [5.41, 5.74) is 0. The summed E-state index contributed by atoms with van der Waals surface area (Å²) >= 11 is 1.30. The third-order valence-corrected chi connectivity index (χ3v) is 2.62. The van der Waals surface area contributed by atoms with Crippen molar-refractivity contribution in [3.05, 3.63) is 10.9 Å². The molecule has 1 amide bonds. The summed E-state index contributed by atoms with van der Waals surface area (Å²) in [5.74, 6) is 0.571. The molecule has 1 aromatic rings. The van der Waals surface area contributed by atoms with Crippen LogP contribution in [0.3, 0.4) is 0 Å². The van der Waals surface area contributed by atoms with E-state index in [1.165, 1.54) is 11.5 Å². The molecule has 1 aliphatic heterocycles. The fourth-order valence-electron chi connectivity index (χ4n) is 1.07. The van der Waals surface area contributed by atoms with E-state index in [2.05, 4.69) is 9.69 Å². The second kappa shape index (κ2) is 3.21. The van der Waals surface area contributed by atoms with Crippen LogP contribution < -0.4 is 10.1 Å². The molecule has 0 bridgehead atoms. The Labute approximate surface area is 78.8 Å². The van der Waals surface area contributed by atoms with E-state index in [-0.39, 0.29) is 12.1 Å². The minimum atomic E-state index is -0.377. The third-order valence-electron chi connectivity index (χ3n) is 1.73.